The Morgan fingerprint density at radius 1 is 1.75 bits per heavy atom. The van der Waals surface area contributed by atoms with Gasteiger partial charge < -0.3 is 9.42 Å². The molecule has 4 nitrogen and oxygen atoms in total. The van der Waals surface area contributed by atoms with E-state index in [4.69, 9.17) is 0 Å². The molecule has 0 saturated heterocycles. The summed E-state index contributed by atoms with van der Waals surface area (Å²) >= 11 is 0. The minimum absolute atomic E-state index is 0. The molecule has 0 aliphatic heterocycles. The van der Waals surface area contributed by atoms with E-state index in [9.17, 15) is 18.4 Å². The Bertz CT molecular complexity index is 192. The van der Waals surface area contributed by atoms with Crippen LogP contribution in [0.2, 0.25) is 0 Å². The minimum Gasteiger partial charge on any atom is -0.743 e. The predicted molar refractivity (Wildman–Crippen MR) is 34.3 cm³/mol. The number of hydrogen-bond donors (Lipinski definition) is 0. The van der Waals surface area contributed by atoms with E-state index in [1.54, 1.807) is 6.92 Å². The van der Waals surface area contributed by atoms with E-state index in [0.29, 0.717) is 6.42 Å². The number of hydrogen-bond acceptors (Lipinski definition) is 4. The molecule has 0 N–H and O–H groups in total. The first kappa shape index (κ1) is 15.1. The van der Waals surface area contributed by atoms with Crippen LogP contribution in [0.4, 0.5) is 4.20 Å². The molecule has 12 heavy (non-hydrogen) atoms. The summed E-state index contributed by atoms with van der Waals surface area (Å²) in [6.45, 7) is 3.12. The summed E-state index contributed by atoms with van der Waals surface area (Å²) in [6.07, 6.45) is 0.416. The second kappa shape index (κ2) is 6.11. The van der Waals surface area contributed by atoms with E-state index in [1.807, 2.05) is 0 Å². The Kier molecular flexibility index (Phi) is 7.67. The summed E-state index contributed by atoms with van der Waals surface area (Å²) in [7, 11) is -5.39. The van der Waals surface area contributed by atoms with Gasteiger partial charge in [-0.25, -0.2) is 0 Å². The van der Waals surface area contributed by atoms with Gasteiger partial charge in [0.1, 0.15) is 0 Å². The van der Waals surface area contributed by atoms with Crippen molar-refractivity contribution in [3.63, 3.8) is 0 Å². The summed E-state index contributed by atoms with van der Waals surface area (Å²) in [5.41, 5.74) is 0. The van der Waals surface area contributed by atoms with E-state index in [-0.39, 0.29) is 29.6 Å². The maximum absolute atomic E-state index is 11.7. The monoisotopic (exact) mass is 206 g/mol. The summed E-state index contributed by atoms with van der Waals surface area (Å²) in [4.78, 5) is 20.3. The number of halogens is 1. The largest absolute Gasteiger partial charge is 1.00 e. The van der Waals surface area contributed by atoms with Crippen molar-refractivity contribution in [2.45, 2.75) is 20.3 Å². The standard InChI is InChI=1S/C5H10FO4P.Na/c1-3-4(2)5(7)10-11(6,8)9;/h4H,3H2,1-2H3,(H,8,9);/q;+1/p-1. The molecule has 2 unspecified atom stereocenters. The Morgan fingerprint density at radius 2 is 2.17 bits per heavy atom. The molecule has 0 bridgehead atoms. The Labute approximate surface area is 92.4 Å². The van der Waals surface area contributed by atoms with Gasteiger partial charge in [-0.05, 0) is 6.42 Å². The fourth-order valence-corrected chi connectivity index (χ4v) is 0.759. The smallest absolute Gasteiger partial charge is 0.743 e. The van der Waals surface area contributed by atoms with Crippen molar-refractivity contribution >= 4 is 13.9 Å². The molecular formula is C5H9FNaO4P. The number of carbonyl (C=O) groups is 1. The molecule has 0 saturated carbocycles. The molecule has 0 radical (unpaired) electrons. The normalized spacial score (nSPS) is 17.0. The summed E-state index contributed by atoms with van der Waals surface area (Å²) in [6, 6.07) is 0. The van der Waals surface area contributed by atoms with Gasteiger partial charge in [0.25, 0.3) is 0 Å². The van der Waals surface area contributed by atoms with Crippen LogP contribution in [0.15, 0.2) is 0 Å². The SMILES string of the molecule is CCC(C)C(=O)OP(=O)([O-])F.[Na+]. The first-order valence-electron chi connectivity index (χ1n) is 3.11. The molecule has 0 aromatic rings. The van der Waals surface area contributed by atoms with Gasteiger partial charge in [-0.15, -0.1) is 0 Å². The number of rotatable bonds is 3. The molecule has 0 aromatic carbocycles. The minimum atomic E-state index is -5.39. The van der Waals surface area contributed by atoms with Crippen molar-refractivity contribution in [3.05, 3.63) is 0 Å². The first-order chi connectivity index (χ1) is 4.87. The van der Waals surface area contributed by atoms with Gasteiger partial charge >= 0.3 is 43.4 Å². The van der Waals surface area contributed by atoms with Crippen molar-refractivity contribution < 1.29 is 52.5 Å². The summed E-state index contributed by atoms with van der Waals surface area (Å²) in [5, 5.41) is 0. The van der Waals surface area contributed by atoms with Crippen LogP contribution in [0.1, 0.15) is 20.3 Å². The van der Waals surface area contributed by atoms with Crippen LogP contribution in [-0.2, 0) is 13.9 Å². The summed E-state index contributed by atoms with van der Waals surface area (Å²) < 4.78 is 25.0. The van der Waals surface area contributed by atoms with E-state index >= 15 is 0 Å². The zero-order valence-corrected chi connectivity index (χ0v) is 10.1. The third kappa shape index (κ3) is 7.25. The molecule has 7 heteroatoms. The van der Waals surface area contributed by atoms with Crippen LogP contribution in [-0.4, -0.2) is 5.97 Å². The average molecular weight is 206 g/mol. The van der Waals surface area contributed by atoms with Gasteiger partial charge in [-0.3, -0.25) is 9.36 Å². The quantitative estimate of drug-likeness (QED) is 0.396. The molecule has 66 valence electrons. The average Bonchev–Trinajstić information content (AvgIpc) is 1.82. The third-order valence-corrected chi connectivity index (χ3v) is 1.61. The molecule has 0 aliphatic rings. The number of carbonyl (C=O) groups excluding carboxylic acids is 1. The van der Waals surface area contributed by atoms with Crippen LogP contribution < -0.4 is 34.5 Å². The Balaban J connectivity index is 0. The zero-order valence-electron chi connectivity index (χ0n) is 7.24. The molecule has 0 fully saturated rings. The fourth-order valence-electron chi connectivity index (χ4n) is 0.364. The van der Waals surface area contributed by atoms with Crippen LogP contribution in [0, 0.1) is 5.92 Å². The molecule has 0 aromatic heterocycles. The molecule has 2 atom stereocenters. The van der Waals surface area contributed by atoms with Gasteiger partial charge in [0.15, 0.2) is 0 Å². The predicted octanol–water partition coefficient (Wildman–Crippen LogP) is -1.98. The van der Waals surface area contributed by atoms with Gasteiger partial charge in [-0.1, -0.05) is 13.8 Å². The van der Waals surface area contributed by atoms with Gasteiger partial charge in [0, 0.05) is 0 Å². The zero-order chi connectivity index (χ0) is 9.07. The summed E-state index contributed by atoms with van der Waals surface area (Å²) in [5.74, 6) is -1.64. The van der Waals surface area contributed by atoms with Gasteiger partial charge in [0.05, 0.1) is 5.92 Å². The Hall–Kier alpha value is 0.590. The molecule has 0 aliphatic carbocycles. The van der Waals surface area contributed by atoms with Crippen molar-refractivity contribution in [1.29, 1.82) is 0 Å². The maximum Gasteiger partial charge on any atom is 1.00 e. The maximum atomic E-state index is 11.7. The molecular weight excluding hydrogens is 197 g/mol. The third-order valence-electron chi connectivity index (χ3n) is 1.21. The topological polar surface area (TPSA) is 66.4 Å². The fraction of sp³-hybridized carbons (Fsp3) is 0.800. The van der Waals surface area contributed by atoms with Crippen molar-refractivity contribution in [2.75, 3.05) is 0 Å². The first-order valence-corrected chi connectivity index (χ1v) is 4.54. The second-order valence-electron chi connectivity index (χ2n) is 2.15. The van der Waals surface area contributed by atoms with Crippen molar-refractivity contribution in [2.24, 2.45) is 5.92 Å². The van der Waals surface area contributed by atoms with E-state index in [0.717, 1.165) is 0 Å². The van der Waals surface area contributed by atoms with Crippen LogP contribution >= 0.6 is 7.91 Å². The van der Waals surface area contributed by atoms with Crippen molar-refractivity contribution in [3.8, 4) is 0 Å². The van der Waals surface area contributed by atoms with Gasteiger partial charge in [-0.2, -0.15) is 4.20 Å². The van der Waals surface area contributed by atoms with E-state index in [1.165, 1.54) is 6.92 Å². The van der Waals surface area contributed by atoms with Crippen LogP contribution in [0.25, 0.3) is 0 Å². The van der Waals surface area contributed by atoms with Gasteiger partial charge in [0.2, 0.25) is 0 Å². The molecule has 0 amide bonds. The van der Waals surface area contributed by atoms with E-state index in [2.05, 4.69) is 4.52 Å². The second-order valence-corrected chi connectivity index (χ2v) is 3.19. The van der Waals surface area contributed by atoms with Crippen LogP contribution in [0.5, 0.6) is 0 Å². The molecule has 0 rings (SSSR count). The van der Waals surface area contributed by atoms with Crippen LogP contribution in [0.3, 0.4) is 0 Å². The van der Waals surface area contributed by atoms with Crippen molar-refractivity contribution in [1.82, 2.24) is 0 Å². The molecule has 0 spiro atoms. The van der Waals surface area contributed by atoms with E-state index < -0.39 is 19.8 Å². The molecule has 0 heterocycles. The Morgan fingerprint density at radius 3 is 2.42 bits per heavy atom.